The van der Waals surface area contributed by atoms with Gasteiger partial charge < -0.3 is 19.7 Å². The first-order chi connectivity index (χ1) is 13.1. The SMILES string of the molecule is COc1ccc(NC[C@@H](O)CN2C[C@@H]3C[C@H](C2)c2cccc(=O)n2C3)cc1. The van der Waals surface area contributed by atoms with Gasteiger partial charge >= 0.3 is 0 Å². The number of β-amino-alcohol motifs (C(OH)–C–C–N with tert-alkyl or cyclic N) is 1. The third-order valence-corrected chi connectivity index (χ3v) is 5.66. The van der Waals surface area contributed by atoms with E-state index in [1.54, 1.807) is 13.2 Å². The monoisotopic (exact) mass is 369 g/mol. The fraction of sp³-hybridized carbons (Fsp3) is 0.476. The minimum absolute atomic E-state index is 0.111. The van der Waals surface area contributed by atoms with Gasteiger partial charge in [0.15, 0.2) is 0 Å². The van der Waals surface area contributed by atoms with Gasteiger partial charge in [-0.2, -0.15) is 0 Å². The summed E-state index contributed by atoms with van der Waals surface area (Å²) in [5, 5.41) is 13.8. The molecule has 6 nitrogen and oxygen atoms in total. The van der Waals surface area contributed by atoms with Crippen LogP contribution in [0.5, 0.6) is 5.75 Å². The van der Waals surface area contributed by atoms with E-state index < -0.39 is 6.10 Å². The van der Waals surface area contributed by atoms with Crippen LogP contribution in [-0.2, 0) is 6.54 Å². The Morgan fingerprint density at radius 2 is 2.00 bits per heavy atom. The number of hydrogen-bond acceptors (Lipinski definition) is 5. The summed E-state index contributed by atoms with van der Waals surface area (Å²) in [5.74, 6) is 1.69. The second-order valence-corrected chi connectivity index (χ2v) is 7.68. The molecule has 1 aromatic heterocycles. The summed E-state index contributed by atoms with van der Waals surface area (Å²) in [7, 11) is 1.65. The fourth-order valence-corrected chi connectivity index (χ4v) is 4.45. The number of hydrogen-bond donors (Lipinski definition) is 2. The standard InChI is InChI=1S/C21H27N3O3/c1-27-19-7-5-17(6-8-19)22-10-18(25)14-23-11-15-9-16(13-23)20-3-2-4-21(26)24(20)12-15/h2-8,15-16,18,22,25H,9-14H2,1H3/t15-,16+,18+/m0/s1. The number of aliphatic hydroxyl groups excluding tert-OH is 1. The first kappa shape index (κ1) is 18.1. The van der Waals surface area contributed by atoms with Gasteiger partial charge in [-0.05, 0) is 42.7 Å². The van der Waals surface area contributed by atoms with Crippen molar-refractivity contribution in [1.82, 2.24) is 9.47 Å². The molecule has 0 aliphatic carbocycles. The Balaban J connectivity index is 1.33. The number of aliphatic hydroxyl groups is 1. The van der Waals surface area contributed by atoms with Crippen molar-refractivity contribution in [2.45, 2.75) is 25.0 Å². The van der Waals surface area contributed by atoms with E-state index in [1.807, 2.05) is 34.9 Å². The average molecular weight is 369 g/mol. The first-order valence-corrected chi connectivity index (χ1v) is 9.60. The maximum atomic E-state index is 12.1. The first-order valence-electron chi connectivity index (χ1n) is 9.60. The van der Waals surface area contributed by atoms with Crippen molar-refractivity contribution >= 4 is 5.69 Å². The molecule has 2 N–H and O–H groups in total. The van der Waals surface area contributed by atoms with Gasteiger partial charge in [0.1, 0.15) is 5.75 Å². The number of ether oxygens (including phenoxy) is 1. The lowest BCUT2D eigenvalue weighted by Crippen LogP contribution is -2.49. The van der Waals surface area contributed by atoms with Crippen molar-refractivity contribution in [3.63, 3.8) is 0 Å². The summed E-state index contributed by atoms with van der Waals surface area (Å²) in [6.07, 6.45) is 0.698. The van der Waals surface area contributed by atoms with E-state index >= 15 is 0 Å². The minimum Gasteiger partial charge on any atom is -0.497 e. The molecule has 0 spiro atoms. The smallest absolute Gasteiger partial charge is 0.250 e. The number of methoxy groups -OCH3 is 1. The molecule has 4 rings (SSSR count). The molecular weight excluding hydrogens is 342 g/mol. The summed E-state index contributed by atoms with van der Waals surface area (Å²) in [6.45, 7) is 3.79. The van der Waals surface area contributed by atoms with E-state index in [0.29, 0.717) is 24.9 Å². The fourth-order valence-electron chi connectivity index (χ4n) is 4.45. The Morgan fingerprint density at radius 3 is 2.78 bits per heavy atom. The van der Waals surface area contributed by atoms with Crippen LogP contribution in [0.15, 0.2) is 47.3 Å². The second-order valence-electron chi connectivity index (χ2n) is 7.68. The zero-order valence-electron chi connectivity index (χ0n) is 15.7. The van der Waals surface area contributed by atoms with E-state index in [2.05, 4.69) is 16.3 Å². The molecule has 2 bridgehead atoms. The molecule has 1 fully saturated rings. The Hall–Kier alpha value is -2.31. The quantitative estimate of drug-likeness (QED) is 0.812. The van der Waals surface area contributed by atoms with Crippen molar-refractivity contribution in [1.29, 1.82) is 0 Å². The van der Waals surface area contributed by atoms with Gasteiger partial charge in [0.2, 0.25) is 0 Å². The number of likely N-dealkylation sites (tertiary alicyclic amines) is 1. The third-order valence-electron chi connectivity index (χ3n) is 5.66. The molecule has 0 amide bonds. The van der Waals surface area contributed by atoms with Gasteiger partial charge in [-0.15, -0.1) is 0 Å². The third kappa shape index (κ3) is 4.01. The van der Waals surface area contributed by atoms with Crippen LogP contribution in [0.3, 0.4) is 0 Å². The van der Waals surface area contributed by atoms with Crippen LogP contribution >= 0.6 is 0 Å². The highest BCUT2D eigenvalue weighted by atomic mass is 16.5. The molecule has 0 unspecified atom stereocenters. The van der Waals surface area contributed by atoms with Crippen molar-refractivity contribution in [3.8, 4) is 5.75 Å². The van der Waals surface area contributed by atoms with Gasteiger partial charge in [-0.3, -0.25) is 9.69 Å². The summed E-state index contributed by atoms with van der Waals surface area (Å²) in [4.78, 5) is 14.5. The number of fused-ring (bicyclic) bond motifs is 4. The molecule has 2 aliphatic rings. The van der Waals surface area contributed by atoms with Crippen LogP contribution in [0.2, 0.25) is 0 Å². The zero-order valence-corrected chi connectivity index (χ0v) is 15.7. The maximum Gasteiger partial charge on any atom is 0.250 e. The molecule has 6 heteroatoms. The number of piperidine rings is 1. The summed E-state index contributed by atoms with van der Waals surface area (Å²) >= 11 is 0. The molecule has 27 heavy (non-hydrogen) atoms. The van der Waals surface area contributed by atoms with Gasteiger partial charge in [0, 0.05) is 56.1 Å². The summed E-state index contributed by atoms with van der Waals surface area (Å²) < 4.78 is 7.10. The maximum absolute atomic E-state index is 12.1. The highest BCUT2D eigenvalue weighted by Gasteiger charge is 2.34. The number of aromatic nitrogens is 1. The van der Waals surface area contributed by atoms with Crippen molar-refractivity contribution in [3.05, 3.63) is 58.5 Å². The number of pyridine rings is 1. The van der Waals surface area contributed by atoms with E-state index in [9.17, 15) is 9.90 Å². The predicted molar refractivity (Wildman–Crippen MR) is 105 cm³/mol. The topological polar surface area (TPSA) is 66.7 Å². The van der Waals surface area contributed by atoms with Crippen LogP contribution in [0.4, 0.5) is 5.69 Å². The number of nitrogens with one attached hydrogen (secondary N) is 1. The Morgan fingerprint density at radius 1 is 1.19 bits per heavy atom. The zero-order chi connectivity index (χ0) is 18.8. The van der Waals surface area contributed by atoms with E-state index in [4.69, 9.17) is 4.74 Å². The van der Waals surface area contributed by atoms with Crippen LogP contribution < -0.4 is 15.6 Å². The highest BCUT2D eigenvalue weighted by Crippen LogP contribution is 2.34. The summed E-state index contributed by atoms with van der Waals surface area (Å²) in [5.41, 5.74) is 2.23. The molecule has 0 radical (unpaired) electrons. The van der Waals surface area contributed by atoms with Crippen molar-refractivity contribution in [2.24, 2.45) is 5.92 Å². The second kappa shape index (κ2) is 7.74. The van der Waals surface area contributed by atoms with E-state index in [0.717, 1.165) is 43.2 Å². The molecule has 2 aromatic rings. The van der Waals surface area contributed by atoms with Gasteiger partial charge in [0.25, 0.3) is 5.56 Å². The minimum atomic E-state index is -0.441. The van der Waals surface area contributed by atoms with Crippen LogP contribution in [0.25, 0.3) is 0 Å². The molecular formula is C21H27N3O3. The van der Waals surface area contributed by atoms with Gasteiger partial charge in [-0.25, -0.2) is 0 Å². The number of benzene rings is 1. The largest absolute Gasteiger partial charge is 0.497 e. The molecule has 2 aliphatic heterocycles. The van der Waals surface area contributed by atoms with Crippen LogP contribution in [0.1, 0.15) is 18.0 Å². The molecule has 3 atom stereocenters. The lowest BCUT2D eigenvalue weighted by atomic mass is 9.83. The van der Waals surface area contributed by atoms with Crippen molar-refractivity contribution in [2.75, 3.05) is 38.6 Å². The molecule has 3 heterocycles. The van der Waals surface area contributed by atoms with Crippen LogP contribution in [0, 0.1) is 5.92 Å². The highest BCUT2D eigenvalue weighted by molar-refractivity contribution is 5.46. The molecule has 1 aromatic carbocycles. The Bertz CT molecular complexity index is 833. The lowest BCUT2D eigenvalue weighted by molar-refractivity contribution is 0.0676. The van der Waals surface area contributed by atoms with Crippen LogP contribution in [-0.4, -0.2) is 54.0 Å². The summed E-state index contributed by atoms with van der Waals surface area (Å²) in [6, 6.07) is 13.3. The number of nitrogens with zero attached hydrogens (tertiary/aromatic N) is 2. The van der Waals surface area contributed by atoms with E-state index in [1.165, 1.54) is 0 Å². The van der Waals surface area contributed by atoms with Gasteiger partial charge in [0.05, 0.1) is 13.2 Å². The Labute approximate surface area is 159 Å². The Kier molecular flexibility index (Phi) is 5.18. The number of rotatable bonds is 6. The van der Waals surface area contributed by atoms with E-state index in [-0.39, 0.29) is 5.56 Å². The average Bonchev–Trinajstić information content (AvgIpc) is 2.67. The molecule has 0 saturated carbocycles. The predicted octanol–water partition coefficient (Wildman–Crippen LogP) is 1.75. The molecule has 144 valence electrons. The van der Waals surface area contributed by atoms with Gasteiger partial charge in [-0.1, -0.05) is 6.07 Å². The normalized spacial score (nSPS) is 22.7. The number of anilines is 1. The lowest BCUT2D eigenvalue weighted by Gasteiger charge is -2.43. The van der Waals surface area contributed by atoms with Crippen molar-refractivity contribution < 1.29 is 9.84 Å². The molecule has 1 saturated heterocycles.